The first kappa shape index (κ1) is 19.0. The van der Waals surface area contributed by atoms with Gasteiger partial charge < -0.3 is 0 Å². The van der Waals surface area contributed by atoms with Crippen LogP contribution in [0.4, 0.5) is 0 Å². The molecule has 114 valence electrons. The van der Waals surface area contributed by atoms with Gasteiger partial charge in [-0.3, -0.25) is 0 Å². The molecule has 0 bridgehead atoms. The lowest BCUT2D eigenvalue weighted by atomic mass is 9.98. The van der Waals surface area contributed by atoms with E-state index in [1.807, 2.05) is 0 Å². The highest BCUT2D eigenvalue weighted by atomic mass is 14.1. The average Bonchev–Trinajstić information content (AvgIpc) is 2.40. The van der Waals surface area contributed by atoms with E-state index >= 15 is 0 Å². The standard InChI is InChI=1S/C19H38/c1-4-6-7-8-9-10-11-12-13-14-15-16-18-19(3)17-5-2/h19H,1-2,4-18H2,3H3. The lowest BCUT2D eigenvalue weighted by Crippen LogP contribution is -1.93. The molecule has 0 fully saturated rings. The van der Waals surface area contributed by atoms with Gasteiger partial charge in [-0.1, -0.05) is 117 Å². The van der Waals surface area contributed by atoms with Crippen LogP contribution in [0.15, 0.2) is 0 Å². The van der Waals surface area contributed by atoms with Crippen molar-refractivity contribution in [3.63, 3.8) is 0 Å². The summed E-state index contributed by atoms with van der Waals surface area (Å²) in [5.41, 5.74) is 0. The highest BCUT2D eigenvalue weighted by Crippen LogP contribution is 2.16. The molecule has 0 spiro atoms. The van der Waals surface area contributed by atoms with Gasteiger partial charge in [-0.25, -0.2) is 0 Å². The second-order valence-electron chi connectivity index (χ2n) is 6.28. The highest BCUT2D eigenvalue weighted by Gasteiger charge is 2.00. The van der Waals surface area contributed by atoms with Crippen LogP contribution in [0.3, 0.4) is 0 Å². The maximum absolute atomic E-state index is 3.93. The molecule has 0 aliphatic carbocycles. The first-order chi connectivity index (χ1) is 9.31. The minimum Gasteiger partial charge on any atom is -0.0625 e. The Morgan fingerprint density at radius 2 is 0.947 bits per heavy atom. The predicted molar refractivity (Wildman–Crippen MR) is 89.1 cm³/mol. The molecule has 0 nitrogen and oxygen atoms in total. The van der Waals surface area contributed by atoms with E-state index in [0.29, 0.717) is 0 Å². The van der Waals surface area contributed by atoms with E-state index in [4.69, 9.17) is 0 Å². The fraction of sp³-hybridized carbons (Fsp3) is 0.895. The van der Waals surface area contributed by atoms with E-state index in [0.717, 1.165) is 18.8 Å². The van der Waals surface area contributed by atoms with E-state index in [2.05, 4.69) is 20.8 Å². The highest BCUT2D eigenvalue weighted by molar-refractivity contribution is 4.55. The number of unbranched alkanes of at least 4 members (excludes halogenated alkanes) is 11. The largest absolute Gasteiger partial charge is 0.0625 e. The Hall–Kier alpha value is 0. The number of hydrogen-bond acceptors (Lipinski definition) is 0. The average molecular weight is 267 g/mol. The predicted octanol–water partition coefficient (Wildman–Crippen LogP) is 7.14. The lowest BCUT2D eigenvalue weighted by molar-refractivity contribution is 0.456. The van der Waals surface area contributed by atoms with E-state index in [1.54, 1.807) is 0 Å². The Kier molecular flexibility index (Phi) is 16.1. The van der Waals surface area contributed by atoms with Crippen LogP contribution in [0, 0.1) is 19.8 Å². The summed E-state index contributed by atoms with van der Waals surface area (Å²) >= 11 is 0. The van der Waals surface area contributed by atoms with Gasteiger partial charge in [0.05, 0.1) is 0 Å². The topological polar surface area (TPSA) is 0 Å². The second-order valence-corrected chi connectivity index (χ2v) is 6.28. The summed E-state index contributed by atoms with van der Waals surface area (Å²) < 4.78 is 0. The van der Waals surface area contributed by atoms with Crippen LogP contribution in [0.1, 0.15) is 103 Å². The van der Waals surface area contributed by atoms with Gasteiger partial charge in [0.2, 0.25) is 0 Å². The lowest BCUT2D eigenvalue weighted by Gasteiger charge is -2.09. The monoisotopic (exact) mass is 266 g/mol. The molecule has 1 atom stereocenters. The van der Waals surface area contributed by atoms with Crippen LogP contribution in [0.5, 0.6) is 0 Å². The summed E-state index contributed by atoms with van der Waals surface area (Å²) in [6, 6.07) is 0. The molecule has 0 aromatic heterocycles. The zero-order valence-electron chi connectivity index (χ0n) is 13.6. The molecule has 0 rings (SSSR count). The van der Waals surface area contributed by atoms with Crippen LogP contribution >= 0.6 is 0 Å². The zero-order valence-corrected chi connectivity index (χ0v) is 13.6. The quantitative estimate of drug-likeness (QED) is 0.276. The molecule has 0 saturated carbocycles. The van der Waals surface area contributed by atoms with Crippen molar-refractivity contribution in [1.82, 2.24) is 0 Å². The van der Waals surface area contributed by atoms with Crippen molar-refractivity contribution in [3.05, 3.63) is 13.8 Å². The fourth-order valence-corrected chi connectivity index (χ4v) is 2.75. The number of rotatable bonds is 15. The Bertz CT molecular complexity index is 150. The fourth-order valence-electron chi connectivity index (χ4n) is 2.75. The van der Waals surface area contributed by atoms with Crippen molar-refractivity contribution >= 4 is 0 Å². The van der Waals surface area contributed by atoms with Crippen LogP contribution in [-0.4, -0.2) is 0 Å². The molecule has 0 aliphatic heterocycles. The molecular formula is C19H38. The van der Waals surface area contributed by atoms with Crippen LogP contribution in [0.25, 0.3) is 0 Å². The molecule has 0 heterocycles. The van der Waals surface area contributed by atoms with Gasteiger partial charge in [0.25, 0.3) is 0 Å². The third kappa shape index (κ3) is 15.9. The van der Waals surface area contributed by atoms with Gasteiger partial charge in [-0.05, 0) is 5.92 Å². The van der Waals surface area contributed by atoms with E-state index in [-0.39, 0.29) is 0 Å². The third-order valence-corrected chi connectivity index (χ3v) is 4.14. The molecule has 19 heavy (non-hydrogen) atoms. The summed E-state index contributed by atoms with van der Waals surface area (Å²) in [4.78, 5) is 0. The van der Waals surface area contributed by atoms with Crippen molar-refractivity contribution in [2.75, 3.05) is 0 Å². The molecule has 0 aromatic carbocycles. The minimum absolute atomic E-state index is 0.899. The molecule has 0 aromatic rings. The maximum atomic E-state index is 3.93. The number of hydrogen-bond donors (Lipinski definition) is 0. The minimum atomic E-state index is 0.899. The SMILES string of the molecule is [CH2]CCCCCCCCCCCCCC(C)CC[CH2]. The van der Waals surface area contributed by atoms with Gasteiger partial charge in [0, 0.05) is 0 Å². The normalized spacial score (nSPS) is 12.8. The molecule has 2 radical (unpaired) electrons. The van der Waals surface area contributed by atoms with Gasteiger partial charge in [-0.2, -0.15) is 0 Å². The summed E-state index contributed by atoms with van der Waals surface area (Å²) in [6.07, 6.45) is 20.7. The summed E-state index contributed by atoms with van der Waals surface area (Å²) in [6.45, 7) is 10.2. The molecule has 0 N–H and O–H groups in total. The summed E-state index contributed by atoms with van der Waals surface area (Å²) in [7, 11) is 0. The maximum Gasteiger partial charge on any atom is -0.0443 e. The van der Waals surface area contributed by atoms with Crippen molar-refractivity contribution in [3.8, 4) is 0 Å². The van der Waals surface area contributed by atoms with E-state index in [9.17, 15) is 0 Å². The smallest absolute Gasteiger partial charge is 0.0443 e. The van der Waals surface area contributed by atoms with Gasteiger partial charge in [0.1, 0.15) is 0 Å². The Balaban J connectivity index is 2.99. The molecule has 0 aliphatic rings. The van der Waals surface area contributed by atoms with Crippen LogP contribution < -0.4 is 0 Å². The molecule has 0 amide bonds. The molecule has 1 unspecified atom stereocenters. The summed E-state index contributed by atoms with van der Waals surface area (Å²) in [5, 5.41) is 0. The third-order valence-electron chi connectivity index (χ3n) is 4.14. The van der Waals surface area contributed by atoms with E-state index < -0.39 is 0 Å². The van der Waals surface area contributed by atoms with Crippen LogP contribution in [0.2, 0.25) is 0 Å². The van der Waals surface area contributed by atoms with Crippen molar-refractivity contribution in [1.29, 1.82) is 0 Å². The Morgan fingerprint density at radius 1 is 0.526 bits per heavy atom. The van der Waals surface area contributed by atoms with Gasteiger partial charge in [-0.15, -0.1) is 0 Å². The second kappa shape index (κ2) is 16.1. The molecule has 0 saturated heterocycles. The first-order valence-electron chi connectivity index (χ1n) is 8.89. The van der Waals surface area contributed by atoms with Crippen molar-refractivity contribution in [2.45, 2.75) is 103 Å². The Morgan fingerprint density at radius 3 is 1.37 bits per heavy atom. The molecule has 0 heteroatoms. The van der Waals surface area contributed by atoms with Crippen molar-refractivity contribution < 1.29 is 0 Å². The van der Waals surface area contributed by atoms with Crippen molar-refractivity contribution in [2.24, 2.45) is 5.92 Å². The van der Waals surface area contributed by atoms with E-state index in [1.165, 1.54) is 83.5 Å². The van der Waals surface area contributed by atoms with Crippen LogP contribution in [-0.2, 0) is 0 Å². The van der Waals surface area contributed by atoms with Gasteiger partial charge >= 0.3 is 0 Å². The summed E-state index contributed by atoms with van der Waals surface area (Å²) in [5.74, 6) is 0.899. The first-order valence-corrected chi connectivity index (χ1v) is 8.89. The zero-order chi connectivity index (χ0) is 14.2. The van der Waals surface area contributed by atoms with Gasteiger partial charge in [0.15, 0.2) is 0 Å². The molecular weight excluding hydrogens is 228 g/mol. The Labute approximate surface area is 123 Å².